The van der Waals surface area contributed by atoms with Gasteiger partial charge in [0, 0.05) is 17.5 Å². The van der Waals surface area contributed by atoms with E-state index in [0.29, 0.717) is 17.5 Å². The Bertz CT molecular complexity index is 1230. The molecule has 0 radical (unpaired) electrons. The van der Waals surface area contributed by atoms with E-state index in [4.69, 9.17) is 4.74 Å². The molecule has 0 aliphatic heterocycles. The second-order valence-electron chi connectivity index (χ2n) is 8.79. The molecule has 7 heteroatoms. The normalized spacial score (nSPS) is 21.9. The third-order valence-electron chi connectivity index (χ3n) is 6.84. The number of halogens is 2. The first kappa shape index (κ1) is 18.5. The molecule has 3 aromatic rings. The molecule has 5 nitrogen and oxygen atoms in total. The Balaban J connectivity index is 1.36. The fourth-order valence-electron chi connectivity index (χ4n) is 4.94. The second kappa shape index (κ2) is 6.39. The Morgan fingerprint density at radius 2 is 2.06 bits per heavy atom. The lowest BCUT2D eigenvalue weighted by molar-refractivity contribution is 0.0924. The molecule has 2 saturated carbocycles. The van der Waals surface area contributed by atoms with Gasteiger partial charge in [0.1, 0.15) is 17.3 Å². The van der Waals surface area contributed by atoms with E-state index in [1.165, 1.54) is 16.8 Å². The number of nitrogens with zero attached hydrogens (tertiary/aromatic N) is 2. The van der Waals surface area contributed by atoms with E-state index in [1.807, 2.05) is 24.3 Å². The molecule has 2 aromatic carbocycles. The first-order valence-electron chi connectivity index (χ1n) is 10.5. The molecule has 1 N–H and O–H groups in total. The van der Waals surface area contributed by atoms with E-state index in [9.17, 15) is 13.6 Å². The van der Waals surface area contributed by atoms with E-state index in [2.05, 4.69) is 10.4 Å². The van der Waals surface area contributed by atoms with E-state index < -0.39 is 17.2 Å². The Labute approximate surface area is 178 Å². The molecule has 158 valence electrons. The summed E-state index contributed by atoms with van der Waals surface area (Å²) in [6.07, 6.45) is 3.48. The fourth-order valence-corrected chi connectivity index (χ4v) is 4.94. The molecule has 2 fully saturated rings. The molecule has 0 saturated heterocycles. The summed E-state index contributed by atoms with van der Waals surface area (Å²) in [7, 11) is 1.62. The van der Waals surface area contributed by atoms with Crippen LogP contribution in [0.4, 0.5) is 8.78 Å². The number of aromatic nitrogens is 2. The molecule has 0 spiro atoms. The van der Waals surface area contributed by atoms with Gasteiger partial charge in [-0.2, -0.15) is 5.10 Å². The van der Waals surface area contributed by atoms with Gasteiger partial charge in [-0.15, -0.1) is 0 Å². The van der Waals surface area contributed by atoms with Crippen molar-refractivity contribution in [2.75, 3.05) is 7.11 Å². The summed E-state index contributed by atoms with van der Waals surface area (Å²) >= 11 is 0. The molecule has 3 aliphatic carbocycles. The molecule has 0 bridgehead atoms. The van der Waals surface area contributed by atoms with Gasteiger partial charge in [0.15, 0.2) is 11.5 Å². The lowest BCUT2D eigenvalue weighted by Crippen LogP contribution is -2.35. The third-order valence-corrected chi connectivity index (χ3v) is 6.84. The van der Waals surface area contributed by atoms with Gasteiger partial charge in [-0.3, -0.25) is 4.79 Å². The van der Waals surface area contributed by atoms with Crippen molar-refractivity contribution in [1.82, 2.24) is 15.1 Å². The van der Waals surface area contributed by atoms with Crippen molar-refractivity contribution in [1.29, 1.82) is 0 Å². The predicted octanol–water partition coefficient (Wildman–Crippen LogP) is 4.24. The van der Waals surface area contributed by atoms with Crippen LogP contribution in [0.3, 0.4) is 0 Å². The largest absolute Gasteiger partial charge is 0.497 e. The number of hydrogen-bond acceptors (Lipinski definition) is 3. The number of hydrogen-bond donors (Lipinski definition) is 1. The highest BCUT2D eigenvalue weighted by Crippen LogP contribution is 2.57. The van der Waals surface area contributed by atoms with Crippen LogP contribution >= 0.6 is 0 Å². The number of benzene rings is 2. The van der Waals surface area contributed by atoms with Crippen molar-refractivity contribution in [2.45, 2.75) is 37.1 Å². The summed E-state index contributed by atoms with van der Waals surface area (Å²) < 4.78 is 34.8. The Morgan fingerprint density at radius 1 is 1.23 bits per heavy atom. The highest BCUT2D eigenvalue weighted by molar-refractivity contribution is 5.95. The average Bonchev–Trinajstić information content (AvgIpc) is 3.64. The predicted molar refractivity (Wildman–Crippen MR) is 109 cm³/mol. The molecular formula is C24H21F2N3O2. The Hall–Kier alpha value is -3.22. The zero-order valence-corrected chi connectivity index (χ0v) is 17.0. The topological polar surface area (TPSA) is 56.1 Å². The van der Waals surface area contributed by atoms with Crippen LogP contribution in [0.25, 0.3) is 5.69 Å². The Morgan fingerprint density at radius 3 is 2.81 bits per heavy atom. The van der Waals surface area contributed by atoms with Crippen molar-refractivity contribution in [3.8, 4) is 11.4 Å². The van der Waals surface area contributed by atoms with Gasteiger partial charge < -0.3 is 10.1 Å². The number of nitrogens with one attached hydrogen (secondary N) is 1. The zero-order valence-electron chi connectivity index (χ0n) is 17.0. The molecule has 6 rings (SSSR count). The molecular weight excluding hydrogens is 400 g/mol. The van der Waals surface area contributed by atoms with Crippen LogP contribution in [-0.4, -0.2) is 22.8 Å². The first-order chi connectivity index (χ1) is 15.0. The summed E-state index contributed by atoms with van der Waals surface area (Å²) in [4.78, 5) is 13.3. The standard InChI is InChI=1S/C24H21F2N3O2/c1-31-16-4-2-3-14(11-16)24(7-8-24)27-23(30)21-18-10-13-9-17(13)22(18)29(28-21)20-6-5-15(25)12-19(20)26/h2-6,11-13,17H,7-10H2,1H3,(H,27,30)/t13-,17-/m0/s1. The molecule has 31 heavy (non-hydrogen) atoms. The van der Waals surface area contributed by atoms with Crippen molar-refractivity contribution >= 4 is 5.91 Å². The number of amides is 1. The van der Waals surface area contributed by atoms with Gasteiger partial charge in [0.25, 0.3) is 5.91 Å². The quantitative estimate of drug-likeness (QED) is 0.671. The summed E-state index contributed by atoms with van der Waals surface area (Å²) in [5.41, 5.74) is 2.89. The minimum Gasteiger partial charge on any atom is -0.497 e. The zero-order chi connectivity index (χ0) is 21.3. The monoisotopic (exact) mass is 421 g/mol. The van der Waals surface area contributed by atoms with Crippen LogP contribution in [0.5, 0.6) is 5.75 Å². The summed E-state index contributed by atoms with van der Waals surface area (Å²) in [6.45, 7) is 0. The summed E-state index contributed by atoms with van der Waals surface area (Å²) in [6, 6.07) is 11.2. The van der Waals surface area contributed by atoms with E-state index in [1.54, 1.807) is 7.11 Å². The van der Waals surface area contributed by atoms with Crippen LogP contribution in [0, 0.1) is 17.6 Å². The SMILES string of the molecule is COc1cccc(C2(NC(=O)c3nn(-c4ccc(F)cc4F)c4c3C[C@@H]3C[C@H]43)CC2)c1. The first-order valence-corrected chi connectivity index (χ1v) is 10.5. The van der Waals surface area contributed by atoms with E-state index in [0.717, 1.165) is 54.3 Å². The highest BCUT2D eigenvalue weighted by Gasteiger charge is 2.52. The van der Waals surface area contributed by atoms with Crippen molar-refractivity contribution in [3.63, 3.8) is 0 Å². The number of rotatable bonds is 5. The van der Waals surface area contributed by atoms with Crippen molar-refractivity contribution in [2.24, 2.45) is 5.92 Å². The summed E-state index contributed by atoms with van der Waals surface area (Å²) in [5.74, 6) is -0.0451. The van der Waals surface area contributed by atoms with Crippen LogP contribution < -0.4 is 10.1 Å². The average molecular weight is 421 g/mol. The molecule has 1 heterocycles. The maximum Gasteiger partial charge on any atom is 0.272 e. The Kier molecular flexibility index (Phi) is 3.82. The van der Waals surface area contributed by atoms with Gasteiger partial charge in [-0.05, 0) is 61.4 Å². The van der Waals surface area contributed by atoms with Crippen LogP contribution in [0.2, 0.25) is 0 Å². The van der Waals surface area contributed by atoms with Crippen molar-refractivity contribution in [3.05, 3.63) is 76.6 Å². The molecule has 0 unspecified atom stereocenters. The number of fused-ring (bicyclic) bond motifs is 3. The number of carbonyl (C=O) groups excluding carboxylic acids is 1. The van der Waals surface area contributed by atoms with Gasteiger partial charge in [0.2, 0.25) is 0 Å². The molecule has 1 aromatic heterocycles. The summed E-state index contributed by atoms with van der Waals surface area (Å²) in [5, 5.41) is 7.70. The molecule has 3 aliphatic rings. The van der Waals surface area contributed by atoms with Crippen LogP contribution in [-0.2, 0) is 12.0 Å². The van der Waals surface area contributed by atoms with Gasteiger partial charge >= 0.3 is 0 Å². The third kappa shape index (κ3) is 2.86. The number of ether oxygens (including phenoxy) is 1. The lowest BCUT2D eigenvalue weighted by Gasteiger charge is -2.18. The van der Waals surface area contributed by atoms with Gasteiger partial charge in [-0.1, -0.05) is 12.1 Å². The fraction of sp³-hybridized carbons (Fsp3) is 0.333. The second-order valence-corrected chi connectivity index (χ2v) is 8.79. The van der Waals surface area contributed by atoms with E-state index in [-0.39, 0.29) is 11.6 Å². The van der Waals surface area contributed by atoms with Crippen molar-refractivity contribution < 1.29 is 18.3 Å². The van der Waals surface area contributed by atoms with Gasteiger partial charge in [0.05, 0.1) is 18.3 Å². The smallest absolute Gasteiger partial charge is 0.272 e. The van der Waals surface area contributed by atoms with Crippen LogP contribution in [0.1, 0.15) is 52.5 Å². The molecule has 1 amide bonds. The minimum absolute atomic E-state index is 0.179. The maximum atomic E-state index is 14.5. The number of methoxy groups -OCH3 is 1. The van der Waals surface area contributed by atoms with Gasteiger partial charge in [-0.25, -0.2) is 13.5 Å². The lowest BCUT2D eigenvalue weighted by atomic mass is 10.0. The molecule has 2 atom stereocenters. The van der Waals surface area contributed by atoms with E-state index >= 15 is 0 Å². The number of carbonyl (C=O) groups is 1. The maximum absolute atomic E-state index is 14.5. The van der Waals surface area contributed by atoms with Crippen LogP contribution in [0.15, 0.2) is 42.5 Å². The highest BCUT2D eigenvalue weighted by atomic mass is 19.1. The minimum atomic E-state index is -0.684.